The third-order valence-electron chi connectivity index (χ3n) is 1.94. The molecule has 2 aromatic rings. The summed E-state index contributed by atoms with van der Waals surface area (Å²) in [7, 11) is 0. The van der Waals surface area contributed by atoms with Gasteiger partial charge in [-0.05, 0) is 24.3 Å². The van der Waals surface area contributed by atoms with Crippen molar-refractivity contribution in [3.8, 4) is 0 Å². The number of anilines is 3. The van der Waals surface area contributed by atoms with Gasteiger partial charge in [-0.15, -0.1) is 0 Å². The minimum absolute atomic E-state index is 0.523. The number of pyridine rings is 2. The highest BCUT2D eigenvalue weighted by molar-refractivity contribution is 5.69. The van der Waals surface area contributed by atoms with Gasteiger partial charge >= 0.3 is 0 Å². The molecule has 2 N–H and O–H groups in total. The number of hydrogen-bond donors (Lipinski definition) is 2. The zero-order valence-corrected chi connectivity index (χ0v) is 8.42. The van der Waals surface area contributed by atoms with Crippen LogP contribution in [0.25, 0.3) is 0 Å². The van der Waals surface area contributed by atoms with Crippen molar-refractivity contribution >= 4 is 23.6 Å². The van der Waals surface area contributed by atoms with Crippen LogP contribution in [0.3, 0.4) is 0 Å². The van der Waals surface area contributed by atoms with Crippen molar-refractivity contribution in [2.45, 2.75) is 0 Å². The summed E-state index contributed by atoms with van der Waals surface area (Å²) in [5.74, 6) is 0.523. The van der Waals surface area contributed by atoms with Crippen LogP contribution >= 0.6 is 0 Å². The monoisotopic (exact) mass is 214 g/mol. The summed E-state index contributed by atoms with van der Waals surface area (Å²) in [4.78, 5) is 18.1. The molecule has 0 saturated carbocycles. The first-order chi connectivity index (χ1) is 7.88. The van der Waals surface area contributed by atoms with E-state index < -0.39 is 0 Å². The molecule has 0 aliphatic heterocycles. The number of nitrogens with one attached hydrogen (secondary N) is 2. The first-order valence-electron chi connectivity index (χ1n) is 4.72. The molecule has 0 atom stereocenters. The summed E-state index contributed by atoms with van der Waals surface area (Å²) in [6.07, 6.45) is 5.65. The fraction of sp³-hybridized carbons (Fsp3) is 0. The molecule has 0 aromatic carbocycles. The summed E-state index contributed by atoms with van der Waals surface area (Å²) in [5.41, 5.74) is 1.79. The van der Waals surface area contributed by atoms with Crippen LogP contribution in [-0.2, 0) is 4.79 Å². The Kier molecular flexibility index (Phi) is 3.08. The predicted molar refractivity (Wildman–Crippen MR) is 61.4 cm³/mol. The first-order valence-corrected chi connectivity index (χ1v) is 4.72. The second-order valence-electron chi connectivity index (χ2n) is 3.06. The number of carbonyl (C=O) groups excluding carboxylic acids is 1. The van der Waals surface area contributed by atoms with E-state index in [1.165, 1.54) is 0 Å². The van der Waals surface area contributed by atoms with Crippen molar-refractivity contribution in [1.82, 2.24) is 9.97 Å². The molecule has 0 saturated heterocycles. The normalized spacial score (nSPS) is 9.50. The maximum absolute atomic E-state index is 10.2. The van der Waals surface area contributed by atoms with E-state index >= 15 is 0 Å². The molecule has 2 heterocycles. The summed E-state index contributed by atoms with van der Waals surface area (Å²) in [6, 6.07) is 7.27. The number of carbonyl (C=O) groups is 1. The van der Waals surface area contributed by atoms with E-state index in [4.69, 9.17) is 0 Å². The van der Waals surface area contributed by atoms with Crippen LogP contribution in [-0.4, -0.2) is 16.4 Å². The van der Waals surface area contributed by atoms with E-state index in [2.05, 4.69) is 20.6 Å². The lowest BCUT2D eigenvalue weighted by Crippen LogP contribution is -1.97. The maximum Gasteiger partial charge on any atom is 0.212 e. The minimum Gasteiger partial charge on any atom is -0.354 e. The second-order valence-corrected chi connectivity index (χ2v) is 3.06. The smallest absolute Gasteiger partial charge is 0.212 e. The zero-order valence-electron chi connectivity index (χ0n) is 8.42. The average molecular weight is 214 g/mol. The molecule has 0 aliphatic carbocycles. The summed E-state index contributed by atoms with van der Waals surface area (Å²) in [5, 5.41) is 5.62. The highest BCUT2D eigenvalue weighted by Gasteiger charge is 1.95. The SMILES string of the molecule is O=CNc1ccc(Nc2ccncc2)cn1. The Morgan fingerprint density at radius 1 is 1.06 bits per heavy atom. The van der Waals surface area contributed by atoms with Crippen LogP contribution in [0.2, 0.25) is 0 Å². The van der Waals surface area contributed by atoms with Gasteiger partial charge in [-0.25, -0.2) is 4.98 Å². The molecule has 2 aromatic heterocycles. The molecule has 5 heteroatoms. The molecule has 80 valence electrons. The number of nitrogens with zero attached hydrogens (tertiary/aromatic N) is 2. The van der Waals surface area contributed by atoms with Gasteiger partial charge in [0.05, 0.1) is 11.9 Å². The number of amides is 1. The van der Waals surface area contributed by atoms with Crippen molar-refractivity contribution in [3.05, 3.63) is 42.9 Å². The highest BCUT2D eigenvalue weighted by atomic mass is 16.1. The number of hydrogen-bond acceptors (Lipinski definition) is 4. The summed E-state index contributed by atoms with van der Waals surface area (Å²) >= 11 is 0. The Balaban J connectivity index is 2.08. The molecule has 0 bridgehead atoms. The van der Waals surface area contributed by atoms with Gasteiger partial charge in [0.25, 0.3) is 0 Å². The van der Waals surface area contributed by atoms with Gasteiger partial charge < -0.3 is 10.6 Å². The molecule has 0 spiro atoms. The molecule has 16 heavy (non-hydrogen) atoms. The third-order valence-corrected chi connectivity index (χ3v) is 1.94. The summed E-state index contributed by atoms with van der Waals surface area (Å²) in [6.45, 7) is 0. The standard InChI is InChI=1S/C11H10N4O/c16-8-14-11-2-1-10(7-13-11)15-9-3-5-12-6-4-9/h1-8H,(H,12,15)(H,13,14,16). The molecule has 1 amide bonds. The molecule has 5 nitrogen and oxygen atoms in total. The third kappa shape index (κ3) is 2.54. The highest BCUT2D eigenvalue weighted by Crippen LogP contribution is 2.15. The minimum atomic E-state index is 0.523. The Morgan fingerprint density at radius 2 is 1.88 bits per heavy atom. The molecule has 0 unspecified atom stereocenters. The van der Waals surface area contributed by atoms with Crippen molar-refractivity contribution < 1.29 is 4.79 Å². The van der Waals surface area contributed by atoms with Crippen LogP contribution < -0.4 is 10.6 Å². The number of rotatable bonds is 4. The molecule has 0 radical (unpaired) electrons. The van der Waals surface area contributed by atoms with Crippen molar-refractivity contribution in [2.75, 3.05) is 10.6 Å². The average Bonchev–Trinajstić information content (AvgIpc) is 2.33. The Labute approximate surface area is 92.6 Å². The van der Waals surface area contributed by atoms with Gasteiger partial charge in [-0.1, -0.05) is 0 Å². The van der Waals surface area contributed by atoms with Gasteiger partial charge in [-0.2, -0.15) is 0 Å². The molecule has 0 fully saturated rings. The Hall–Kier alpha value is -2.43. The lowest BCUT2D eigenvalue weighted by atomic mass is 10.3. The molecule has 2 rings (SSSR count). The Morgan fingerprint density at radius 3 is 2.50 bits per heavy atom. The zero-order chi connectivity index (χ0) is 11.2. The fourth-order valence-corrected chi connectivity index (χ4v) is 1.22. The molecular formula is C11H10N4O. The predicted octanol–water partition coefficient (Wildman–Crippen LogP) is 1.79. The summed E-state index contributed by atoms with van der Waals surface area (Å²) < 4.78 is 0. The Bertz CT molecular complexity index is 455. The van der Waals surface area contributed by atoms with Crippen LogP contribution in [0.5, 0.6) is 0 Å². The van der Waals surface area contributed by atoms with E-state index in [1.807, 2.05) is 18.2 Å². The molecule has 0 aliphatic rings. The fourth-order valence-electron chi connectivity index (χ4n) is 1.22. The van der Waals surface area contributed by atoms with Crippen molar-refractivity contribution in [1.29, 1.82) is 0 Å². The van der Waals surface area contributed by atoms with Crippen LogP contribution in [0.4, 0.5) is 17.2 Å². The van der Waals surface area contributed by atoms with Gasteiger partial charge in [0.1, 0.15) is 5.82 Å². The lowest BCUT2D eigenvalue weighted by Gasteiger charge is -2.05. The van der Waals surface area contributed by atoms with Crippen molar-refractivity contribution in [2.24, 2.45) is 0 Å². The quantitative estimate of drug-likeness (QED) is 0.761. The largest absolute Gasteiger partial charge is 0.354 e. The van der Waals surface area contributed by atoms with Crippen molar-refractivity contribution in [3.63, 3.8) is 0 Å². The first kappa shape index (κ1) is 10.1. The van der Waals surface area contributed by atoms with E-state index in [-0.39, 0.29) is 0 Å². The van der Waals surface area contributed by atoms with Crippen LogP contribution in [0, 0.1) is 0 Å². The van der Waals surface area contributed by atoms with Crippen LogP contribution in [0.1, 0.15) is 0 Å². The maximum atomic E-state index is 10.2. The van der Waals surface area contributed by atoms with E-state index in [0.717, 1.165) is 11.4 Å². The van der Waals surface area contributed by atoms with E-state index in [0.29, 0.717) is 12.2 Å². The topological polar surface area (TPSA) is 66.9 Å². The number of aromatic nitrogens is 2. The van der Waals surface area contributed by atoms with Gasteiger partial charge in [-0.3, -0.25) is 9.78 Å². The van der Waals surface area contributed by atoms with Gasteiger partial charge in [0.15, 0.2) is 0 Å². The van der Waals surface area contributed by atoms with E-state index in [9.17, 15) is 4.79 Å². The van der Waals surface area contributed by atoms with Gasteiger partial charge in [0, 0.05) is 18.1 Å². The lowest BCUT2D eigenvalue weighted by molar-refractivity contribution is -0.105. The van der Waals surface area contributed by atoms with Crippen LogP contribution in [0.15, 0.2) is 42.9 Å². The van der Waals surface area contributed by atoms with E-state index in [1.54, 1.807) is 24.7 Å². The van der Waals surface area contributed by atoms with Gasteiger partial charge in [0.2, 0.25) is 6.41 Å². The molecular weight excluding hydrogens is 204 g/mol. The second kappa shape index (κ2) is 4.88.